The second-order valence-electron chi connectivity index (χ2n) is 6.25. The van der Waals surface area contributed by atoms with Crippen molar-refractivity contribution in [2.24, 2.45) is 0 Å². The van der Waals surface area contributed by atoms with Gasteiger partial charge in [-0.3, -0.25) is 9.69 Å². The smallest absolute Gasteiger partial charge is 0.239 e. The lowest BCUT2D eigenvalue weighted by Gasteiger charge is -2.41. The van der Waals surface area contributed by atoms with E-state index in [2.05, 4.69) is 4.90 Å². The lowest BCUT2D eigenvalue weighted by Crippen LogP contribution is -2.58. The van der Waals surface area contributed by atoms with Crippen molar-refractivity contribution in [3.8, 4) is 11.5 Å². The Morgan fingerprint density at radius 1 is 1.30 bits per heavy atom. The van der Waals surface area contributed by atoms with E-state index in [0.717, 1.165) is 31.5 Å². The van der Waals surface area contributed by atoms with E-state index in [4.69, 9.17) is 21.1 Å². The van der Waals surface area contributed by atoms with Crippen molar-refractivity contribution in [2.75, 3.05) is 27.3 Å². The van der Waals surface area contributed by atoms with E-state index in [1.54, 1.807) is 14.2 Å². The van der Waals surface area contributed by atoms with Gasteiger partial charge in [-0.05, 0) is 37.5 Å². The number of methoxy groups -OCH3 is 2. The van der Waals surface area contributed by atoms with Gasteiger partial charge in [0.2, 0.25) is 5.91 Å². The minimum Gasteiger partial charge on any atom is -0.493 e. The molecule has 1 amide bonds. The number of piperazine rings is 1. The van der Waals surface area contributed by atoms with Crippen LogP contribution in [-0.4, -0.2) is 55.1 Å². The first-order valence-corrected chi connectivity index (χ1v) is 8.38. The summed E-state index contributed by atoms with van der Waals surface area (Å²) >= 11 is 6.29. The molecule has 2 aliphatic rings. The van der Waals surface area contributed by atoms with Crippen molar-refractivity contribution in [3.05, 3.63) is 22.7 Å². The molecule has 2 saturated heterocycles. The number of halogens is 1. The molecule has 0 bridgehead atoms. The van der Waals surface area contributed by atoms with Crippen LogP contribution in [0.5, 0.6) is 11.5 Å². The van der Waals surface area contributed by atoms with E-state index in [1.807, 2.05) is 24.0 Å². The van der Waals surface area contributed by atoms with Crippen LogP contribution in [-0.2, 0) is 11.3 Å². The Balaban J connectivity index is 1.81. The number of hydrogen-bond donors (Lipinski definition) is 0. The van der Waals surface area contributed by atoms with Gasteiger partial charge in [-0.1, -0.05) is 11.6 Å². The monoisotopic (exact) mass is 338 g/mol. The first-order valence-electron chi connectivity index (χ1n) is 8.00. The summed E-state index contributed by atoms with van der Waals surface area (Å²) in [6, 6.07) is 4.08. The Hall–Kier alpha value is -1.46. The highest BCUT2D eigenvalue weighted by Gasteiger charge is 2.40. The van der Waals surface area contributed by atoms with Crippen LogP contribution in [0.15, 0.2) is 12.1 Å². The Morgan fingerprint density at radius 3 is 2.78 bits per heavy atom. The number of fused-ring (bicyclic) bond motifs is 1. The molecule has 0 aliphatic carbocycles. The number of rotatable bonds is 4. The van der Waals surface area contributed by atoms with Crippen LogP contribution in [0.4, 0.5) is 0 Å². The molecule has 1 aromatic carbocycles. The first-order chi connectivity index (χ1) is 11.0. The van der Waals surface area contributed by atoms with E-state index in [9.17, 15) is 4.79 Å². The third-order valence-corrected chi connectivity index (χ3v) is 5.17. The topological polar surface area (TPSA) is 42.0 Å². The van der Waals surface area contributed by atoms with Crippen LogP contribution in [0.3, 0.4) is 0 Å². The van der Waals surface area contributed by atoms with Crippen LogP contribution in [0, 0.1) is 0 Å². The molecule has 2 heterocycles. The molecule has 3 rings (SSSR count). The van der Waals surface area contributed by atoms with Gasteiger partial charge in [-0.2, -0.15) is 0 Å². The van der Waals surface area contributed by atoms with E-state index < -0.39 is 0 Å². The van der Waals surface area contributed by atoms with E-state index >= 15 is 0 Å². The van der Waals surface area contributed by atoms with E-state index in [1.165, 1.54) is 0 Å². The van der Waals surface area contributed by atoms with Gasteiger partial charge in [0.05, 0.1) is 25.3 Å². The first kappa shape index (κ1) is 16.4. The van der Waals surface area contributed by atoms with E-state index in [0.29, 0.717) is 29.1 Å². The standard InChI is InChI=1S/C17H23ClN2O3/c1-11-17(21)20-6-4-5-13(20)10-19(11)9-12-7-14(18)16(23-3)15(8-12)22-2/h7-8,11,13H,4-6,9-10H2,1-3H3/t11-,13-/m1/s1. The van der Waals surface area contributed by atoms with Gasteiger partial charge in [0.15, 0.2) is 11.5 Å². The van der Waals surface area contributed by atoms with Crippen molar-refractivity contribution < 1.29 is 14.3 Å². The molecule has 6 heteroatoms. The fourth-order valence-corrected chi connectivity index (χ4v) is 3.95. The van der Waals surface area contributed by atoms with Crippen molar-refractivity contribution in [2.45, 2.75) is 38.4 Å². The molecule has 2 fully saturated rings. The largest absolute Gasteiger partial charge is 0.493 e. The number of benzene rings is 1. The average molecular weight is 339 g/mol. The molecule has 0 unspecified atom stereocenters. The minimum absolute atomic E-state index is 0.101. The zero-order valence-electron chi connectivity index (χ0n) is 13.8. The Kier molecular flexibility index (Phi) is 4.69. The van der Waals surface area contributed by atoms with E-state index in [-0.39, 0.29) is 11.9 Å². The summed E-state index contributed by atoms with van der Waals surface area (Å²) in [4.78, 5) is 16.8. The van der Waals surface area contributed by atoms with Gasteiger partial charge >= 0.3 is 0 Å². The summed E-state index contributed by atoms with van der Waals surface area (Å²) in [6.07, 6.45) is 2.21. The molecule has 2 aliphatic heterocycles. The second kappa shape index (κ2) is 6.57. The minimum atomic E-state index is -0.101. The van der Waals surface area contributed by atoms with Crippen LogP contribution in [0.25, 0.3) is 0 Å². The van der Waals surface area contributed by atoms with Crippen LogP contribution in [0.1, 0.15) is 25.3 Å². The van der Waals surface area contributed by atoms with Gasteiger partial charge in [-0.25, -0.2) is 0 Å². The fraction of sp³-hybridized carbons (Fsp3) is 0.588. The number of amides is 1. The lowest BCUT2D eigenvalue weighted by atomic mass is 10.1. The third-order valence-electron chi connectivity index (χ3n) is 4.89. The molecule has 0 N–H and O–H groups in total. The molecule has 1 aromatic rings. The molecule has 0 saturated carbocycles. The maximum absolute atomic E-state index is 12.5. The van der Waals surface area contributed by atoms with Gasteiger partial charge in [0.1, 0.15) is 0 Å². The highest BCUT2D eigenvalue weighted by Crippen LogP contribution is 2.37. The third kappa shape index (κ3) is 3.00. The van der Waals surface area contributed by atoms with Crippen LogP contribution in [0.2, 0.25) is 5.02 Å². The Morgan fingerprint density at radius 2 is 2.09 bits per heavy atom. The lowest BCUT2D eigenvalue weighted by molar-refractivity contribution is -0.143. The van der Waals surface area contributed by atoms with Crippen molar-refractivity contribution in [1.82, 2.24) is 9.80 Å². The van der Waals surface area contributed by atoms with Crippen LogP contribution < -0.4 is 9.47 Å². The maximum atomic E-state index is 12.5. The normalized spacial score (nSPS) is 24.7. The predicted octanol–water partition coefficient (Wildman–Crippen LogP) is 2.55. The molecular weight excluding hydrogens is 316 g/mol. The summed E-state index contributed by atoms with van der Waals surface area (Å²) < 4.78 is 10.6. The summed E-state index contributed by atoms with van der Waals surface area (Å²) in [6.45, 7) is 4.49. The summed E-state index contributed by atoms with van der Waals surface area (Å²) in [5.74, 6) is 1.40. The Bertz CT molecular complexity index is 608. The second-order valence-corrected chi connectivity index (χ2v) is 6.65. The highest BCUT2D eigenvalue weighted by molar-refractivity contribution is 6.32. The highest BCUT2D eigenvalue weighted by atomic mass is 35.5. The van der Waals surface area contributed by atoms with Crippen LogP contribution >= 0.6 is 11.6 Å². The fourth-order valence-electron chi connectivity index (χ4n) is 3.64. The van der Waals surface area contributed by atoms with Crippen molar-refractivity contribution in [3.63, 3.8) is 0 Å². The molecule has 0 radical (unpaired) electrons. The molecule has 0 aromatic heterocycles. The van der Waals surface area contributed by atoms with Gasteiger partial charge in [-0.15, -0.1) is 0 Å². The van der Waals surface area contributed by atoms with Gasteiger partial charge < -0.3 is 14.4 Å². The summed E-state index contributed by atoms with van der Waals surface area (Å²) in [5, 5.41) is 0.528. The molecule has 0 spiro atoms. The molecule has 2 atom stereocenters. The SMILES string of the molecule is COc1cc(CN2C[C@H]3CCCN3C(=O)[C@H]2C)cc(Cl)c1OC. The molecular formula is C17H23ClN2O3. The maximum Gasteiger partial charge on any atom is 0.239 e. The number of nitrogens with zero attached hydrogens (tertiary/aromatic N) is 2. The Labute approximate surface area is 142 Å². The molecule has 23 heavy (non-hydrogen) atoms. The molecule has 5 nitrogen and oxygen atoms in total. The van der Waals surface area contributed by atoms with Gasteiger partial charge in [0.25, 0.3) is 0 Å². The molecule has 126 valence electrons. The number of hydrogen-bond acceptors (Lipinski definition) is 4. The summed E-state index contributed by atoms with van der Waals surface area (Å²) in [7, 11) is 3.17. The zero-order chi connectivity index (χ0) is 16.6. The van der Waals surface area contributed by atoms with Crippen molar-refractivity contribution in [1.29, 1.82) is 0 Å². The number of carbonyl (C=O) groups is 1. The number of carbonyl (C=O) groups excluding carboxylic acids is 1. The van der Waals surface area contributed by atoms with Gasteiger partial charge in [0, 0.05) is 25.7 Å². The predicted molar refractivity (Wildman–Crippen MR) is 89.2 cm³/mol. The number of ether oxygens (including phenoxy) is 2. The average Bonchev–Trinajstić information content (AvgIpc) is 3.00. The quantitative estimate of drug-likeness (QED) is 0.846. The van der Waals surface area contributed by atoms with Crippen molar-refractivity contribution >= 4 is 17.5 Å². The zero-order valence-corrected chi connectivity index (χ0v) is 14.6. The summed E-state index contributed by atoms with van der Waals surface area (Å²) in [5.41, 5.74) is 1.03.